The normalized spacial score (nSPS) is 10.6. The molecular weight excluding hydrogens is 262 g/mol. The number of amides is 1. The second-order valence-electron chi connectivity index (χ2n) is 3.93. The van der Waals surface area contributed by atoms with Gasteiger partial charge in [-0.3, -0.25) is 4.79 Å². The van der Waals surface area contributed by atoms with Gasteiger partial charge in [0, 0.05) is 24.8 Å². The monoisotopic (exact) mass is 279 g/mol. The average molecular weight is 279 g/mol. The summed E-state index contributed by atoms with van der Waals surface area (Å²) >= 11 is 1.64. The van der Waals surface area contributed by atoms with Gasteiger partial charge in [-0.25, -0.2) is 4.79 Å². The number of thioether (sulfide) groups is 1. The Balaban J connectivity index is 2.44. The zero-order valence-corrected chi connectivity index (χ0v) is 11.6. The van der Waals surface area contributed by atoms with E-state index in [1.165, 1.54) is 6.08 Å². The van der Waals surface area contributed by atoms with Crippen molar-refractivity contribution in [2.24, 2.45) is 0 Å². The molecular formula is C14H17NO3S. The van der Waals surface area contributed by atoms with Crippen LogP contribution in [-0.4, -0.2) is 29.0 Å². The van der Waals surface area contributed by atoms with Crippen molar-refractivity contribution in [1.29, 1.82) is 0 Å². The summed E-state index contributed by atoms with van der Waals surface area (Å²) in [6.45, 7) is 0.496. The van der Waals surface area contributed by atoms with Gasteiger partial charge in [-0.15, -0.1) is 0 Å². The molecule has 0 atom stereocenters. The predicted molar refractivity (Wildman–Crippen MR) is 78.0 cm³/mol. The molecule has 0 unspecified atom stereocenters. The minimum absolute atomic E-state index is 0.0456. The fourth-order valence-corrected chi connectivity index (χ4v) is 1.79. The Morgan fingerprint density at radius 1 is 1.32 bits per heavy atom. The van der Waals surface area contributed by atoms with Gasteiger partial charge >= 0.3 is 5.97 Å². The van der Waals surface area contributed by atoms with E-state index in [1.807, 2.05) is 30.5 Å². The molecule has 0 heterocycles. The summed E-state index contributed by atoms with van der Waals surface area (Å²) in [5.41, 5.74) is 1.81. The van der Waals surface area contributed by atoms with Crippen LogP contribution in [0.15, 0.2) is 30.3 Å². The molecule has 0 aliphatic heterocycles. The van der Waals surface area contributed by atoms with Crippen LogP contribution in [-0.2, 0) is 16.1 Å². The van der Waals surface area contributed by atoms with Crippen LogP contribution in [0.25, 0.3) is 6.08 Å². The molecule has 5 heteroatoms. The summed E-state index contributed by atoms with van der Waals surface area (Å²) in [7, 11) is 0. The fraction of sp³-hybridized carbons (Fsp3) is 0.286. The molecule has 0 saturated heterocycles. The maximum Gasteiger partial charge on any atom is 0.328 e. The SMILES string of the molecule is CSCCC(=O)NCc1ccc(/C=C/C(=O)O)cc1. The van der Waals surface area contributed by atoms with E-state index in [-0.39, 0.29) is 5.91 Å². The van der Waals surface area contributed by atoms with E-state index in [0.29, 0.717) is 13.0 Å². The Hall–Kier alpha value is -1.75. The molecule has 1 aromatic rings. The Morgan fingerprint density at radius 3 is 2.58 bits per heavy atom. The van der Waals surface area contributed by atoms with Crippen molar-refractivity contribution in [1.82, 2.24) is 5.32 Å². The van der Waals surface area contributed by atoms with Crippen molar-refractivity contribution in [3.63, 3.8) is 0 Å². The van der Waals surface area contributed by atoms with Gasteiger partial charge in [-0.1, -0.05) is 24.3 Å². The number of carbonyl (C=O) groups is 2. The largest absolute Gasteiger partial charge is 0.478 e. The van der Waals surface area contributed by atoms with E-state index < -0.39 is 5.97 Å². The van der Waals surface area contributed by atoms with Gasteiger partial charge in [-0.05, 0) is 23.5 Å². The van der Waals surface area contributed by atoms with E-state index in [9.17, 15) is 9.59 Å². The molecule has 19 heavy (non-hydrogen) atoms. The third-order valence-corrected chi connectivity index (χ3v) is 3.03. The van der Waals surface area contributed by atoms with Crippen LogP contribution in [0.3, 0.4) is 0 Å². The number of carbonyl (C=O) groups excluding carboxylic acids is 1. The standard InChI is InChI=1S/C14H17NO3S/c1-19-9-8-13(16)15-10-12-4-2-11(3-5-12)6-7-14(17)18/h2-7H,8-10H2,1H3,(H,15,16)(H,17,18)/b7-6+. The number of hydrogen-bond donors (Lipinski definition) is 2. The number of hydrogen-bond acceptors (Lipinski definition) is 3. The molecule has 0 aliphatic rings. The van der Waals surface area contributed by atoms with Gasteiger partial charge in [0.1, 0.15) is 0 Å². The van der Waals surface area contributed by atoms with Crippen molar-refractivity contribution in [2.45, 2.75) is 13.0 Å². The molecule has 0 spiro atoms. The maximum atomic E-state index is 11.4. The van der Waals surface area contributed by atoms with Gasteiger partial charge in [0.05, 0.1) is 0 Å². The van der Waals surface area contributed by atoms with Crippen LogP contribution in [0.4, 0.5) is 0 Å². The summed E-state index contributed by atoms with van der Waals surface area (Å²) < 4.78 is 0. The lowest BCUT2D eigenvalue weighted by Crippen LogP contribution is -2.22. The number of aliphatic carboxylic acids is 1. The van der Waals surface area contributed by atoms with Gasteiger partial charge < -0.3 is 10.4 Å². The predicted octanol–water partition coefficient (Wildman–Crippen LogP) is 2.15. The van der Waals surface area contributed by atoms with Crippen molar-refractivity contribution in [3.8, 4) is 0 Å². The highest BCUT2D eigenvalue weighted by atomic mass is 32.2. The average Bonchev–Trinajstić information content (AvgIpc) is 2.41. The Morgan fingerprint density at radius 2 is 2.00 bits per heavy atom. The number of carboxylic acid groups (broad SMARTS) is 1. The van der Waals surface area contributed by atoms with E-state index in [0.717, 1.165) is 23.0 Å². The van der Waals surface area contributed by atoms with Crippen LogP contribution in [0, 0.1) is 0 Å². The van der Waals surface area contributed by atoms with Crippen LogP contribution in [0.2, 0.25) is 0 Å². The number of carboxylic acids is 1. The first-order valence-electron chi connectivity index (χ1n) is 5.87. The van der Waals surface area contributed by atoms with Gasteiger partial charge in [0.15, 0.2) is 0 Å². The molecule has 1 aromatic carbocycles. The molecule has 1 amide bonds. The first kappa shape index (κ1) is 15.3. The highest BCUT2D eigenvalue weighted by Gasteiger charge is 2.00. The zero-order valence-electron chi connectivity index (χ0n) is 10.8. The lowest BCUT2D eigenvalue weighted by atomic mass is 10.1. The van der Waals surface area contributed by atoms with Crippen molar-refractivity contribution in [2.75, 3.05) is 12.0 Å². The van der Waals surface area contributed by atoms with E-state index in [2.05, 4.69) is 5.32 Å². The Kier molecular flexibility index (Phi) is 6.74. The topological polar surface area (TPSA) is 66.4 Å². The minimum atomic E-state index is -0.967. The fourth-order valence-electron chi connectivity index (χ4n) is 1.40. The quantitative estimate of drug-likeness (QED) is 0.751. The number of nitrogens with one attached hydrogen (secondary N) is 1. The minimum Gasteiger partial charge on any atom is -0.478 e. The van der Waals surface area contributed by atoms with Crippen LogP contribution in [0.5, 0.6) is 0 Å². The van der Waals surface area contributed by atoms with Crippen LogP contribution in [0.1, 0.15) is 17.5 Å². The van der Waals surface area contributed by atoms with Gasteiger partial charge in [0.25, 0.3) is 0 Å². The smallest absolute Gasteiger partial charge is 0.328 e. The summed E-state index contributed by atoms with van der Waals surface area (Å²) in [5.74, 6) is -0.0978. The highest BCUT2D eigenvalue weighted by molar-refractivity contribution is 7.98. The Bertz CT molecular complexity index is 454. The molecule has 0 saturated carbocycles. The van der Waals surface area contributed by atoms with Gasteiger partial charge in [0.2, 0.25) is 5.91 Å². The first-order chi connectivity index (χ1) is 9.11. The van der Waals surface area contributed by atoms with E-state index in [4.69, 9.17) is 5.11 Å². The summed E-state index contributed by atoms with van der Waals surface area (Å²) in [5, 5.41) is 11.3. The third-order valence-electron chi connectivity index (χ3n) is 2.42. The molecule has 4 nitrogen and oxygen atoms in total. The maximum absolute atomic E-state index is 11.4. The van der Waals surface area contributed by atoms with Crippen LogP contribution < -0.4 is 5.32 Å². The Labute approximate surface area is 116 Å². The highest BCUT2D eigenvalue weighted by Crippen LogP contribution is 2.06. The molecule has 0 aromatic heterocycles. The molecule has 0 fully saturated rings. The van der Waals surface area contributed by atoms with E-state index >= 15 is 0 Å². The molecule has 2 N–H and O–H groups in total. The molecule has 0 bridgehead atoms. The molecule has 102 valence electrons. The summed E-state index contributed by atoms with van der Waals surface area (Å²) in [4.78, 5) is 21.8. The molecule has 0 radical (unpaired) electrons. The van der Waals surface area contributed by atoms with Crippen molar-refractivity contribution >= 4 is 29.7 Å². The first-order valence-corrected chi connectivity index (χ1v) is 7.27. The van der Waals surface area contributed by atoms with Crippen molar-refractivity contribution < 1.29 is 14.7 Å². The van der Waals surface area contributed by atoms with Crippen LogP contribution >= 0.6 is 11.8 Å². The summed E-state index contributed by atoms with van der Waals surface area (Å²) in [6.07, 6.45) is 5.12. The lowest BCUT2D eigenvalue weighted by Gasteiger charge is -2.05. The van der Waals surface area contributed by atoms with Crippen molar-refractivity contribution in [3.05, 3.63) is 41.5 Å². The lowest BCUT2D eigenvalue weighted by molar-refractivity contribution is -0.131. The second-order valence-corrected chi connectivity index (χ2v) is 4.92. The summed E-state index contributed by atoms with van der Waals surface area (Å²) in [6, 6.07) is 7.39. The third kappa shape index (κ3) is 6.67. The zero-order chi connectivity index (χ0) is 14.1. The number of rotatable bonds is 7. The second kappa shape index (κ2) is 8.37. The molecule has 0 aliphatic carbocycles. The number of benzene rings is 1. The van der Waals surface area contributed by atoms with E-state index in [1.54, 1.807) is 11.8 Å². The molecule has 1 rings (SSSR count). The van der Waals surface area contributed by atoms with Gasteiger partial charge in [-0.2, -0.15) is 11.8 Å².